The first-order valence-corrected chi connectivity index (χ1v) is 7.02. The van der Waals surface area contributed by atoms with Crippen molar-refractivity contribution in [2.75, 3.05) is 5.32 Å². The van der Waals surface area contributed by atoms with Crippen LogP contribution in [-0.4, -0.2) is 10.9 Å². The number of thiocarbonyl (C=S) groups is 1. The molecule has 0 saturated heterocycles. The van der Waals surface area contributed by atoms with Crippen LogP contribution in [0.25, 0.3) is 0 Å². The molecule has 96 valence electrons. The summed E-state index contributed by atoms with van der Waals surface area (Å²) in [6.45, 7) is 2.10. The molecule has 1 aliphatic rings. The van der Waals surface area contributed by atoms with Crippen molar-refractivity contribution in [3.8, 4) is 0 Å². The lowest BCUT2D eigenvalue weighted by Gasteiger charge is -2.44. The molecule has 0 bridgehead atoms. The monoisotopic (exact) mass is 326 g/mol. The molecule has 0 radical (unpaired) electrons. The van der Waals surface area contributed by atoms with E-state index in [9.17, 15) is 4.79 Å². The van der Waals surface area contributed by atoms with E-state index in [1.165, 1.54) is 0 Å². The minimum atomic E-state index is -0.663. The molecule has 0 atom stereocenters. The van der Waals surface area contributed by atoms with Gasteiger partial charge in [-0.2, -0.15) is 0 Å². The van der Waals surface area contributed by atoms with Gasteiger partial charge in [0.25, 0.3) is 0 Å². The Balaban J connectivity index is 2.17. The summed E-state index contributed by atoms with van der Waals surface area (Å²) in [5.41, 5.74) is 5.83. The second-order valence-corrected chi connectivity index (χ2v) is 6.19. The maximum atomic E-state index is 12.4. The van der Waals surface area contributed by atoms with Crippen LogP contribution < -0.4 is 11.1 Å². The average molecular weight is 327 g/mol. The minimum absolute atomic E-state index is 0.0972. The van der Waals surface area contributed by atoms with Gasteiger partial charge in [-0.15, -0.1) is 0 Å². The Morgan fingerprint density at radius 2 is 2.11 bits per heavy atom. The molecule has 1 fully saturated rings. The van der Waals surface area contributed by atoms with E-state index in [-0.39, 0.29) is 5.91 Å². The lowest BCUT2D eigenvalue weighted by molar-refractivity contribution is -0.127. The van der Waals surface area contributed by atoms with Gasteiger partial charge in [0.1, 0.15) is 0 Å². The standard InChI is InChI=1S/C13H15BrN2OS/c1-8-6-13(7-8,11(15)18)12(17)16-10-5-3-2-4-9(10)14/h2-5,8H,6-7H2,1H3,(H2,15,18)(H,16,17). The van der Waals surface area contributed by atoms with Gasteiger partial charge < -0.3 is 11.1 Å². The van der Waals surface area contributed by atoms with Crippen LogP contribution in [0, 0.1) is 11.3 Å². The molecule has 18 heavy (non-hydrogen) atoms. The van der Waals surface area contributed by atoms with Crippen molar-refractivity contribution in [3.63, 3.8) is 0 Å². The van der Waals surface area contributed by atoms with Crippen molar-refractivity contribution in [2.24, 2.45) is 17.1 Å². The molecular weight excluding hydrogens is 312 g/mol. The summed E-state index contributed by atoms with van der Waals surface area (Å²) < 4.78 is 0.851. The summed E-state index contributed by atoms with van der Waals surface area (Å²) in [4.78, 5) is 12.7. The number of benzene rings is 1. The Kier molecular flexibility index (Phi) is 3.73. The Morgan fingerprint density at radius 3 is 2.61 bits per heavy atom. The number of rotatable bonds is 3. The predicted octanol–water partition coefficient (Wildman–Crippen LogP) is 3.09. The summed E-state index contributed by atoms with van der Waals surface area (Å²) >= 11 is 8.47. The van der Waals surface area contributed by atoms with E-state index in [0.29, 0.717) is 10.9 Å². The third kappa shape index (κ3) is 2.29. The maximum Gasteiger partial charge on any atom is 0.237 e. The minimum Gasteiger partial charge on any atom is -0.392 e. The molecule has 0 aromatic heterocycles. The highest BCUT2D eigenvalue weighted by Gasteiger charge is 2.50. The third-order valence-electron chi connectivity index (χ3n) is 3.42. The van der Waals surface area contributed by atoms with Gasteiger partial charge in [-0.05, 0) is 46.8 Å². The highest BCUT2D eigenvalue weighted by molar-refractivity contribution is 9.10. The van der Waals surface area contributed by atoms with Crippen LogP contribution in [0.1, 0.15) is 19.8 Å². The topological polar surface area (TPSA) is 55.1 Å². The molecule has 5 heteroatoms. The number of carbonyl (C=O) groups excluding carboxylic acids is 1. The number of carbonyl (C=O) groups is 1. The van der Waals surface area contributed by atoms with Crippen LogP contribution in [0.5, 0.6) is 0 Å². The van der Waals surface area contributed by atoms with E-state index >= 15 is 0 Å². The zero-order valence-electron chi connectivity index (χ0n) is 10.1. The summed E-state index contributed by atoms with van der Waals surface area (Å²) in [5, 5.41) is 2.90. The summed E-state index contributed by atoms with van der Waals surface area (Å²) in [5.74, 6) is 0.400. The number of hydrogen-bond acceptors (Lipinski definition) is 2. The predicted molar refractivity (Wildman–Crippen MR) is 80.4 cm³/mol. The van der Waals surface area contributed by atoms with Gasteiger partial charge in [0.2, 0.25) is 5.91 Å². The van der Waals surface area contributed by atoms with Crippen molar-refractivity contribution in [3.05, 3.63) is 28.7 Å². The highest BCUT2D eigenvalue weighted by Crippen LogP contribution is 2.46. The van der Waals surface area contributed by atoms with E-state index in [1.807, 2.05) is 24.3 Å². The molecule has 3 nitrogen and oxygen atoms in total. The van der Waals surface area contributed by atoms with Gasteiger partial charge >= 0.3 is 0 Å². The second kappa shape index (κ2) is 4.97. The molecule has 1 aliphatic carbocycles. The van der Waals surface area contributed by atoms with Crippen LogP contribution in [0.4, 0.5) is 5.69 Å². The fourth-order valence-corrected chi connectivity index (χ4v) is 3.08. The Labute approximate surface area is 120 Å². The van der Waals surface area contributed by atoms with Crippen molar-refractivity contribution >= 4 is 44.7 Å². The lowest BCUT2D eigenvalue weighted by atomic mass is 9.62. The molecule has 1 amide bonds. The van der Waals surface area contributed by atoms with E-state index in [4.69, 9.17) is 18.0 Å². The van der Waals surface area contributed by atoms with Crippen LogP contribution in [0.3, 0.4) is 0 Å². The summed E-state index contributed by atoms with van der Waals surface area (Å²) in [6, 6.07) is 7.50. The fourth-order valence-electron chi connectivity index (χ4n) is 2.43. The quantitative estimate of drug-likeness (QED) is 0.839. The summed E-state index contributed by atoms with van der Waals surface area (Å²) in [7, 11) is 0. The number of halogens is 1. The zero-order valence-corrected chi connectivity index (χ0v) is 12.5. The number of anilines is 1. The first-order chi connectivity index (χ1) is 8.45. The zero-order chi connectivity index (χ0) is 13.3. The normalized spacial score (nSPS) is 26.2. The van der Waals surface area contributed by atoms with Crippen molar-refractivity contribution in [2.45, 2.75) is 19.8 Å². The van der Waals surface area contributed by atoms with Crippen molar-refractivity contribution in [1.29, 1.82) is 0 Å². The van der Waals surface area contributed by atoms with Gasteiger partial charge in [-0.1, -0.05) is 31.3 Å². The van der Waals surface area contributed by atoms with E-state index in [2.05, 4.69) is 28.2 Å². The summed E-state index contributed by atoms with van der Waals surface area (Å²) in [6.07, 6.45) is 1.47. The number of para-hydroxylation sites is 1. The maximum absolute atomic E-state index is 12.4. The van der Waals surface area contributed by atoms with Gasteiger partial charge in [0.05, 0.1) is 16.1 Å². The Morgan fingerprint density at radius 1 is 1.50 bits per heavy atom. The first-order valence-electron chi connectivity index (χ1n) is 5.81. The van der Waals surface area contributed by atoms with Gasteiger partial charge in [-0.25, -0.2) is 0 Å². The molecule has 1 aromatic carbocycles. The van der Waals surface area contributed by atoms with Gasteiger partial charge in [0, 0.05) is 4.47 Å². The SMILES string of the molecule is CC1CC(C(=O)Nc2ccccc2Br)(C(N)=S)C1. The molecule has 0 spiro atoms. The van der Waals surface area contributed by atoms with E-state index < -0.39 is 5.41 Å². The lowest BCUT2D eigenvalue weighted by Crippen LogP contribution is -2.53. The molecule has 2 rings (SSSR count). The number of amides is 1. The molecule has 0 heterocycles. The fraction of sp³-hybridized carbons (Fsp3) is 0.385. The average Bonchev–Trinajstić information content (AvgIpc) is 2.27. The molecule has 3 N–H and O–H groups in total. The molecule has 0 unspecified atom stereocenters. The Hall–Kier alpha value is -0.940. The number of hydrogen-bond donors (Lipinski definition) is 2. The number of nitrogens with two attached hydrogens (primary N) is 1. The van der Waals surface area contributed by atoms with Crippen molar-refractivity contribution < 1.29 is 4.79 Å². The van der Waals surface area contributed by atoms with E-state index in [0.717, 1.165) is 23.0 Å². The van der Waals surface area contributed by atoms with Crippen LogP contribution >= 0.6 is 28.1 Å². The van der Waals surface area contributed by atoms with Gasteiger partial charge in [-0.3, -0.25) is 4.79 Å². The van der Waals surface area contributed by atoms with Gasteiger partial charge in [0.15, 0.2) is 0 Å². The largest absolute Gasteiger partial charge is 0.392 e. The van der Waals surface area contributed by atoms with Crippen molar-refractivity contribution in [1.82, 2.24) is 0 Å². The molecule has 1 aromatic rings. The van der Waals surface area contributed by atoms with Crippen LogP contribution in [0.15, 0.2) is 28.7 Å². The number of nitrogens with one attached hydrogen (secondary N) is 1. The molecule has 1 saturated carbocycles. The van der Waals surface area contributed by atoms with Crippen LogP contribution in [-0.2, 0) is 4.79 Å². The molecular formula is C13H15BrN2OS. The second-order valence-electron chi connectivity index (χ2n) is 4.89. The third-order valence-corrected chi connectivity index (χ3v) is 4.50. The highest BCUT2D eigenvalue weighted by atomic mass is 79.9. The Bertz CT molecular complexity index is 498. The first kappa shape index (κ1) is 13.5. The van der Waals surface area contributed by atoms with Crippen LogP contribution in [0.2, 0.25) is 0 Å². The van der Waals surface area contributed by atoms with E-state index in [1.54, 1.807) is 0 Å². The molecule has 0 aliphatic heterocycles. The smallest absolute Gasteiger partial charge is 0.237 e.